The van der Waals surface area contributed by atoms with Crippen LogP contribution in [-0.4, -0.2) is 3.91 Å². The maximum Gasteiger partial charge on any atom is 0.370 e. The molecule has 58 valence electrons. The molecule has 0 saturated heterocycles. The van der Waals surface area contributed by atoms with Crippen LogP contribution in [0.4, 0.5) is 4.79 Å². The van der Waals surface area contributed by atoms with Crippen LogP contribution in [0.2, 0.25) is 0 Å². The summed E-state index contributed by atoms with van der Waals surface area (Å²) in [7, 11) is 0. The van der Waals surface area contributed by atoms with Gasteiger partial charge < -0.3 is 0 Å². The van der Waals surface area contributed by atoms with Gasteiger partial charge in [-0.25, -0.2) is 4.79 Å². The van der Waals surface area contributed by atoms with Crippen molar-refractivity contribution in [3.05, 3.63) is 35.9 Å². The SMILES string of the molecule is O=C(I)[NH2+]Cc1ccccc1. The Kier molecular flexibility index (Phi) is 3.51. The topological polar surface area (TPSA) is 33.7 Å². The van der Waals surface area contributed by atoms with Gasteiger partial charge in [-0.1, -0.05) is 30.3 Å². The molecule has 0 aliphatic rings. The monoisotopic (exact) mass is 262 g/mol. The van der Waals surface area contributed by atoms with E-state index in [1.165, 1.54) is 5.56 Å². The van der Waals surface area contributed by atoms with Gasteiger partial charge in [0.05, 0.1) is 22.6 Å². The summed E-state index contributed by atoms with van der Waals surface area (Å²) in [4.78, 5) is 10.5. The number of rotatable bonds is 2. The number of carbonyl (C=O) groups excluding carboxylic acids is 1. The Bertz CT molecular complexity index is 235. The van der Waals surface area contributed by atoms with Gasteiger partial charge in [0.1, 0.15) is 6.54 Å². The van der Waals surface area contributed by atoms with E-state index in [2.05, 4.69) is 0 Å². The fourth-order valence-corrected chi connectivity index (χ4v) is 1.03. The summed E-state index contributed by atoms with van der Waals surface area (Å²) >= 11 is 1.77. The van der Waals surface area contributed by atoms with E-state index >= 15 is 0 Å². The first-order valence-corrected chi connectivity index (χ1v) is 4.43. The Morgan fingerprint density at radius 1 is 1.36 bits per heavy atom. The molecule has 1 rings (SSSR count). The van der Waals surface area contributed by atoms with Gasteiger partial charge in [0.15, 0.2) is 0 Å². The van der Waals surface area contributed by atoms with Gasteiger partial charge in [-0.3, -0.25) is 5.32 Å². The average molecular weight is 262 g/mol. The summed E-state index contributed by atoms with van der Waals surface area (Å²) < 4.78 is 0.103. The standard InChI is InChI=1S/C8H8INO/c9-8(11)10-6-7-4-2-1-3-5-7/h1-5H,6H2,(H,10,11)/p+1. The molecule has 3 heteroatoms. The zero-order chi connectivity index (χ0) is 8.10. The van der Waals surface area contributed by atoms with E-state index < -0.39 is 0 Å². The van der Waals surface area contributed by atoms with Crippen molar-refractivity contribution in [3.8, 4) is 0 Å². The van der Waals surface area contributed by atoms with Crippen molar-refractivity contribution in [1.82, 2.24) is 0 Å². The third-order valence-corrected chi connectivity index (χ3v) is 1.78. The van der Waals surface area contributed by atoms with Crippen LogP contribution in [0, 0.1) is 0 Å². The van der Waals surface area contributed by atoms with Crippen LogP contribution in [0.1, 0.15) is 5.56 Å². The van der Waals surface area contributed by atoms with Crippen molar-refractivity contribution in [1.29, 1.82) is 0 Å². The van der Waals surface area contributed by atoms with E-state index in [1.54, 1.807) is 27.9 Å². The summed E-state index contributed by atoms with van der Waals surface area (Å²) in [6, 6.07) is 9.93. The van der Waals surface area contributed by atoms with Crippen molar-refractivity contribution in [2.75, 3.05) is 0 Å². The van der Waals surface area contributed by atoms with Gasteiger partial charge in [0, 0.05) is 5.56 Å². The molecule has 0 atom stereocenters. The van der Waals surface area contributed by atoms with Crippen LogP contribution >= 0.6 is 22.6 Å². The van der Waals surface area contributed by atoms with Crippen molar-refractivity contribution in [2.24, 2.45) is 0 Å². The number of hydrogen-bond donors (Lipinski definition) is 1. The number of halogens is 1. The molecule has 1 aromatic rings. The second-order valence-electron chi connectivity index (χ2n) is 2.20. The molecule has 11 heavy (non-hydrogen) atoms. The van der Waals surface area contributed by atoms with E-state index in [1.807, 2.05) is 30.3 Å². The summed E-state index contributed by atoms with van der Waals surface area (Å²) in [5, 5.41) is 1.68. The molecule has 0 saturated carbocycles. The second kappa shape index (κ2) is 4.46. The Morgan fingerprint density at radius 2 is 2.00 bits per heavy atom. The van der Waals surface area contributed by atoms with Crippen molar-refractivity contribution >= 4 is 26.5 Å². The number of nitrogens with two attached hydrogens (primary N) is 1. The van der Waals surface area contributed by atoms with E-state index in [9.17, 15) is 4.79 Å². The highest BCUT2D eigenvalue weighted by Gasteiger charge is 1.98. The van der Waals surface area contributed by atoms with Gasteiger partial charge in [0.25, 0.3) is 0 Å². The molecule has 0 unspecified atom stereocenters. The van der Waals surface area contributed by atoms with E-state index in [-0.39, 0.29) is 3.91 Å². The van der Waals surface area contributed by atoms with Crippen LogP contribution < -0.4 is 5.32 Å². The molecule has 1 aromatic carbocycles. The van der Waals surface area contributed by atoms with Crippen LogP contribution in [0.3, 0.4) is 0 Å². The number of benzene rings is 1. The van der Waals surface area contributed by atoms with Crippen molar-refractivity contribution in [3.63, 3.8) is 0 Å². The lowest BCUT2D eigenvalue weighted by molar-refractivity contribution is -0.560. The summed E-state index contributed by atoms with van der Waals surface area (Å²) in [6.45, 7) is 0.739. The molecule has 0 bridgehead atoms. The van der Waals surface area contributed by atoms with Crippen LogP contribution in [0.5, 0.6) is 0 Å². The minimum Gasteiger partial charge on any atom is -0.270 e. The van der Waals surface area contributed by atoms with E-state index in [0.29, 0.717) is 0 Å². The Labute approximate surface area is 79.1 Å². The molecule has 0 heterocycles. The molecular formula is C8H9INO+. The number of quaternary nitrogens is 1. The molecule has 1 amide bonds. The molecule has 0 aliphatic heterocycles. The molecule has 2 N–H and O–H groups in total. The number of amides is 1. The first kappa shape index (κ1) is 8.67. The molecule has 0 fully saturated rings. The van der Waals surface area contributed by atoms with Crippen LogP contribution in [0.15, 0.2) is 30.3 Å². The largest absolute Gasteiger partial charge is 0.370 e. The van der Waals surface area contributed by atoms with E-state index in [0.717, 1.165) is 6.54 Å². The zero-order valence-corrected chi connectivity index (χ0v) is 8.11. The Morgan fingerprint density at radius 3 is 2.55 bits per heavy atom. The predicted molar refractivity (Wildman–Crippen MR) is 51.5 cm³/mol. The van der Waals surface area contributed by atoms with E-state index in [4.69, 9.17) is 0 Å². The molecule has 0 aliphatic carbocycles. The third kappa shape index (κ3) is 3.48. The lowest BCUT2D eigenvalue weighted by Crippen LogP contribution is -2.84. The zero-order valence-electron chi connectivity index (χ0n) is 5.96. The van der Waals surface area contributed by atoms with Crippen molar-refractivity contribution in [2.45, 2.75) is 6.54 Å². The maximum atomic E-state index is 10.5. The lowest BCUT2D eigenvalue weighted by Gasteiger charge is -1.94. The number of hydrogen-bond acceptors (Lipinski definition) is 1. The molecule has 2 nitrogen and oxygen atoms in total. The minimum absolute atomic E-state index is 0.103. The predicted octanol–water partition coefficient (Wildman–Crippen LogP) is 1.31. The summed E-state index contributed by atoms with van der Waals surface area (Å²) in [6.07, 6.45) is 0. The van der Waals surface area contributed by atoms with Gasteiger partial charge in [-0.2, -0.15) is 0 Å². The van der Waals surface area contributed by atoms with Crippen LogP contribution in [-0.2, 0) is 6.54 Å². The quantitative estimate of drug-likeness (QED) is 0.486. The number of carbonyl (C=O) groups is 1. The smallest absolute Gasteiger partial charge is 0.270 e. The first-order valence-electron chi connectivity index (χ1n) is 3.35. The van der Waals surface area contributed by atoms with Crippen LogP contribution in [0.25, 0.3) is 0 Å². The second-order valence-corrected chi connectivity index (χ2v) is 3.26. The van der Waals surface area contributed by atoms with Gasteiger partial charge in [-0.15, -0.1) is 0 Å². The Hall–Kier alpha value is -0.420. The highest BCUT2D eigenvalue weighted by molar-refractivity contribution is 14.1. The maximum absolute atomic E-state index is 10.5. The average Bonchev–Trinajstić information content (AvgIpc) is 2.03. The van der Waals surface area contributed by atoms with Gasteiger partial charge >= 0.3 is 3.91 Å². The minimum atomic E-state index is 0.103. The fraction of sp³-hybridized carbons (Fsp3) is 0.125. The molecule has 0 radical (unpaired) electrons. The first-order chi connectivity index (χ1) is 5.29. The highest BCUT2D eigenvalue weighted by Crippen LogP contribution is 1.94. The normalized spacial score (nSPS) is 9.55. The van der Waals surface area contributed by atoms with Gasteiger partial charge in [0.2, 0.25) is 0 Å². The summed E-state index contributed by atoms with van der Waals surface area (Å²) in [5.41, 5.74) is 1.18. The van der Waals surface area contributed by atoms with Gasteiger partial charge in [-0.05, 0) is 0 Å². The number of primary amides is 1. The molecule has 0 aromatic heterocycles. The summed E-state index contributed by atoms with van der Waals surface area (Å²) in [5.74, 6) is 0. The highest BCUT2D eigenvalue weighted by atomic mass is 127. The third-order valence-electron chi connectivity index (χ3n) is 1.34. The molecular weight excluding hydrogens is 253 g/mol. The van der Waals surface area contributed by atoms with Crippen molar-refractivity contribution < 1.29 is 10.1 Å². The fourth-order valence-electron chi connectivity index (χ4n) is 0.812. The molecule has 0 spiro atoms. The Balaban J connectivity index is 2.45. The lowest BCUT2D eigenvalue weighted by atomic mass is 10.2.